The second-order valence-electron chi connectivity index (χ2n) is 3.82. The Morgan fingerprint density at radius 2 is 2.11 bits per heavy atom. The van der Waals surface area contributed by atoms with Crippen LogP contribution in [0.3, 0.4) is 0 Å². The Bertz CT molecular complexity index is 495. The van der Waals surface area contributed by atoms with Crippen LogP contribution in [0.1, 0.15) is 24.1 Å². The summed E-state index contributed by atoms with van der Waals surface area (Å²) in [5.41, 5.74) is 4.89. The van der Waals surface area contributed by atoms with E-state index in [4.69, 9.17) is 15.7 Å². The Hall–Kier alpha value is -1.94. The third-order valence-corrected chi connectivity index (χ3v) is 2.43. The molecule has 4 nitrogen and oxygen atoms in total. The molecule has 3 N–H and O–H groups in total. The van der Waals surface area contributed by atoms with E-state index in [0.29, 0.717) is 5.56 Å². The second kappa shape index (κ2) is 5.80. The Kier molecular flexibility index (Phi) is 4.62. The van der Waals surface area contributed by atoms with Crippen molar-refractivity contribution in [3.8, 4) is 17.6 Å². The van der Waals surface area contributed by atoms with Crippen molar-refractivity contribution < 1.29 is 23.0 Å². The predicted molar refractivity (Wildman–Crippen MR) is 61.6 cm³/mol. The summed E-state index contributed by atoms with van der Waals surface area (Å²) in [6.45, 7) is 1.80. The highest BCUT2D eigenvalue weighted by atomic mass is 19.4. The fraction of sp³-hybridized carbons (Fsp3) is 0.417. The maximum absolute atomic E-state index is 12.6. The van der Waals surface area contributed by atoms with Gasteiger partial charge in [-0.05, 0) is 24.6 Å². The number of benzene rings is 1. The number of phenols is 1. The highest BCUT2D eigenvalue weighted by Gasteiger charge is 2.40. The van der Waals surface area contributed by atoms with E-state index in [1.165, 1.54) is 6.07 Å². The molecule has 19 heavy (non-hydrogen) atoms. The molecule has 1 aromatic rings. The third-order valence-electron chi connectivity index (χ3n) is 2.43. The molecule has 0 aromatic heterocycles. The number of hydrogen-bond acceptors (Lipinski definition) is 4. The number of nitrogens with two attached hydrogens (primary N) is 1. The highest BCUT2D eigenvalue weighted by Crippen LogP contribution is 2.40. The van der Waals surface area contributed by atoms with Crippen LogP contribution in [0.5, 0.6) is 11.5 Å². The molecular formula is C12H13F3N2O2. The van der Waals surface area contributed by atoms with Gasteiger partial charge in [-0.1, -0.05) is 0 Å². The Labute approximate surface area is 108 Å². The molecule has 0 bridgehead atoms. The van der Waals surface area contributed by atoms with Crippen LogP contribution in [0.4, 0.5) is 13.2 Å². The smallest absolute Gasteiger partial charge is 0.407 e. The van der Waals surface area contributed by atoms with E-state index >= 15 is 0 Å². The van der Waals surface area contributed by atoms with Crippen LogP contribution in [0.15, 0.2) is 12.1 Å². The van der Waals surface area contributed by atoms with Gasteiger partial charge in [0.1, 0.15) is 6.04 Å². The van der Waals surface area contributed by atoms with Crippen LogP contribution in [0.25, 0.3) is 0 Å². The maximum Gasteiger partial charge on any atom is 0.407 e. The summed E-state index contributed by atoms with van der Waals surface area (Å²) in [4.78, 5) is 0. The van der Waals surface area contributed by atoms with Crippen LogP contribution in [-0.2, 0) is 6.42 Å². The summed E-state index contributed by atoms with van der Waals surface area (Å²) in [5.74, 6) is -0.752. The second-order valence-corrected chi connectivity index (χ2v) is 3.82. The molecule has 0 aliphatic rings. The van der Waals surface area contributed by atoms with E-state index in [0.717, 1.165) is 6.07 Å². The first-order chi connectivity index (χ1) is 8.81. The number of nitriles is 1. The minimum Gasteiger partial charge on any atom is -0.504 e. The topological polar surface area (TPSA) is 79.3 Å². The van der Waals surface area contributed by atoms with Crippen LogP contribution in [0, 0.1) is 11.3 Å². The molecule has 0 aliphatic carbocycles. The van der Waals surface area contributed by atoms with Gasteiger partial charge in [-0.25, -0.2) is 0 Å². The lowest BCUT2D eigenvalue weighted by Crippen LogP contribution is -2.28. The number of hydrogen-bond donors (Lipinski definition) is 2. The third kappa shape index (κ3) is 3.51. The van der Waals surface area contributed by atoms with Gasteiger partial charge in [0, 0.05) is 5.56 Å². The SMILES string of the molecule is CCOc1cc(CC#N)cc([C@H](N)C(F)(F)F)c1O. The average molecular weight is 274 g/mol. The lowest BCUT2D eigenvalue weighted by molar-refractivity contribution is -0.149. The molecule has 0 unspecified atom stereocenters. The van der Waals surface area contributed by atoms with Crippen molar-refractivity contribution in [1.29, 1.82) is 5.26 Å². The zero-order valence-electron chi connectivity index (χ0n) is 10.2. The summed E-state index contributed by atoms with van der Waals surface area (Å²) < 4.78 is 42.9. The molecular weight excluding hydrogens is 261 g/mol. The van der Waals surface area contributed by atoms with Crippen molar-refractivity contribution >= 4 is 0 Å². The maximum atomic E-state index is 12.6. The van der Waals surface area contributed by atoms with Gasteiger partial charge in [-0.2, -0.15) is 18.4 Å². The number of phenolic OH excluding ortho intramolecular Hbond substituents is 1. The number of aromatic hydroxyl groups is 1. The van der Waals surface area contributed by atoms with Crippen molar-refractivity contribution in [2.75, 3.05) is 6.61 Å². The van der Waals surface area contributed by atoms with Gasteiger partial charge >= 0.3 is 6.18 Å². The molecule has 0 spiro atoms. The first-order valence-electron chi connectivity index (χ1n) is 5.49. The fourth-order valence-electron chi connectivity index (χ4n) is 1.56. The average Bonchev–Trinajstić information content (AvgIpc) is 2.31. The van der Waals surface area contributed by atoms with Crippen molar-refractivity contribution in [2.45, 2.75) is 25.6 Å². The molecule has 0 saturated heterocycles. The lowest BCUT2D eigenvalue weighted by atomic mass is 10.0. The molecule has 1 atom stereocenters. The van der Waals surface area contributed by atoms with Gasteiger partial charge in [0.25, 0.3) is 0 Å². The van der Waals surface area contributed by atoms with Crippen LogP contribution < -0.4 is 10.5 Å². The van der Waals surface area contributed by atoms with E-state index in [-0.39, 0.29) is 18.8 Å². The Morgan fingerprint density at radius 3 is 2.58 bits per heavy atom. The molecule has 1 aromatic carbocycles. The van der Waals surface area contributed by atoms with Crippen molar-refractivity contribution in [1.82, 2.24) is 0 Å². The Balaban J connectivity index is 3.33. The van der Waals surface area contributed by atoms with E-state index in [9.17, 15) is 18.3 Å². The normalized spacial score (nSPS) is 12.8. The minimum atomic E-state index is -4.69. The summed E-state index contributed by atoms with van der Waals surface area (Å²) >= 11 is 0. The first kappa shape index (κ1) is 15.1. The quantitative estimate of drug-likeness (QED) is 0.883. The molecule has 0 fully saturated rings. The number of halogens is 3. The predicted octanol–water partition coefficient (Wildman–Crippen LogP) is 2.42. The van der Waals surface area contributed by atoms with E-state index in [1.807, 2.05) is 6.07 Å². The molecule has 0 radical (unpaired) electrons. The molecule has 104 valence electrons. The largest absolute Gasteiger partial charge is 0.504 e. The van der Waals surface area contributed by atoms with E-state index < -0.39 is 23.5 Å². The molecule has 0 amide bonds. The fourth-order valence-corrected chi connectivity index (χ4v) is 1.56. The molecule has 1 rings (SSSR count). The summed E-state index contributed by atoms with van der Waals surface area (Å²) in [5, 5.41) is 18.4. The van der Waals surface area contributed by atoms with Gasteiger partial charge < -0.3 is 15.6 Å². The summed E-state index contributed by atoms with van der Waals surface area (Å²) in [6, 6.07) is 1.89. The van der Waals surface area contributed by atoms with Crippen LogP contribution in [-0.4, -0.2) is 17.9 Å². The van der Waals surface area contributed by atoms with Gasteiger partial charge in [-0.15, -0.1) is 0 Å². The standard InChI is InChI=1S/C12H13F3N2O2/c1-2-19-9-6-7(3-4-16)5-8(10(9)18)11(17)12(13,14)15/h5-6,11,18H,2-3,17H2,1H3/t11-/m0/s1. The molecule has 0 heterocycles. The van der Waals surface area contributed by atoms with Gasteiger partial charge in [0.2, 0.25) is 0 Å². The van der Waals surface area contributed by atoms with E-state index in [1.54, 1.807) is 6.92 Å². The van der Waals surface area contributed by atoms with Crippen molar-refractivity contribution in [2.24, 2.45) is 5.73 Å². The number of rotatable bonds is 4. The van der Waals surface area contributed by atoms with Gasteiger partial charge in [0.15, 0.2) is 11.5 Å². The van der Waals surface area contributed by atoms with Crippen LogP contribution >= 0.6 is 0 Å². The van der Waals surface area contributed by atoms with Gasteiger partial charge in [0.05, 0.1) is 19.1 Å². The number of alkyl halides is 3. The summed E-state index contributed by atoms with van der Waals surface area (Å²) in [7, 11) is 0. The monoisotopic (exact) mass is 274 g/mol. The number of nitrogens with zero attached hydrogens (tertiary/aromatic N) is 1. The minimum absolute atomic E-state index is 0.0993. The number of ether oxygens (including phenoxy) is 1. The van der Waals surface area contributed by atoms with Crippen LogP contribution in [0.2, 0.25) is 0 Å². The zero-order chi connectivity index (χ0) is 14.6. The Morgan fingerprint density at radius 1 is 1.47 bits per heavy atom. The van der Waals surface area contributed by atoms with Crippen molar-refractivity contribution in [3.63, 3.8) is 0 Å². The molecule has 0 saturated carbocycles. The first-order valence-corrected chi connectivity index (χ1v) is 5.49. The molecule has 7 heteroatoms. The molecule has 0 aliphatic heterocycles. The lowest BCUT2D eigenvalue weighted by Gasteiger charge is -2.19. The zero-order valence-corrected chi connectivity index (χ0v) is 10.2. The van der Waals surface area contributed by atoms with Crippen molar-refractivity contribution in [3.05, 3.63) is 23.3 Å². The van der Waals surface area contributed by atoms with E-state index in [2.05, 4.69) is 0 Å². The highest BCUT2D eigenvalue weighted by molar-refractivity contribution is 5.50. The van der Waals surface area contributed by atoms with Gasteiger partial charge in [-0.3, -0.25) is 0 Å². The summed E-state index contributed by atoms with van der Waals surface area (Å²) in [6.07, 6.45) is -4.79.